The van der Waals surface area contributed by atoms with Crippen molar-refractivity contribution in [3.63, 3.8) is 0 Å². The maximum Gasteiger partial charge on any atom is 0.224 e. The Morgan fingerprint density at radius 3 is 2.90 bits per heavy atom. The third-order valence-corrected chi connectivity index (χ3v) is 3.51. The standard InChI is InChI=1S/C13H21ClN4O2/c1-2-15-13-16-9-11(14)12(17-13)18-5-3-10(4-6-18)20-8-7-19/h9-10,19H,2-8H2,1H3,(H,15,16,17). The van der Waals surface area contributed by atoms with E-state index in [2.05, 4.69) is 20.2 Å². The van der Waals surface area contributed by atoms with E-state index in [1.807, 2.05) is 6.92 Å². The first-order valence-corrected chi connectivity index (χ1v) is 7.36. The molecule has 0 bridgehead atoms. The largest absolute Gasteiger partial charge is 0.394 e. The lowest BCUT2D eigenvalue weighted by Crippen LogP contribution is -2.38. The number of anilines is 2. The molecular formula is C13H21ClN4O2. The van der Waals surface area contributed by atoms with Crippen LogP contribution < -0.4 is 10.2 Å². The lowest BCUT2D eigenvalue weighted by atomic mass is 10.1. The molecule has 0 spiro atoms. The zero-order valence-corrected chi connectivity index (χ0v) is 12.4. The Hall–Kier alpha value is -1.11. The lowest BCUT2D eigenvalue weighted by molar-refractivity contribution is 0.0158. The quantitative estimate of drug-likeness (QED) is 0.830. The van der Waals surface area contributed by atoms with Gasteiger partial charge in [-0.1, -0.05) is 11.6 Å². The number of hydrogen-bond acceptors (Lipinski definition) is 6. The van der Waals surface area contributed by atoms with Gasteiger partial charge in [-0.2, -0.15) is 4.98 Å². The van der Waals surface area contributed by atoms with Crippen molar-refractivity contribution in [2.75, 3.05) is 43.1 Å². The summed E-state index contributed by atoms with van der Waals surface area (Å²) in [7, 11) is 0. The van der Waals surface area contributed by atoms with E-state index in [4.69, 9.17) is 21.4 Å². The predicted octanol–water partition coefficient (Wildman–Crippen LogP) is 1.54. The zero-order valence-electron chi connectivity index (χ0n) is 11.7. The van der Waals surface area contributed by atoms with E-state index in [0.29, 0.717) is 17.6 Å². The second-order valence-corrected chi connectivity index (χ2v) is 5.08. The highest BCUT2D eigenvalue weighted by atomic mass is 35.5. The molecule has 2 rings (SSSR count). The summed E-state index contributed by atoms with van der Waals surface area (Å²) >= 11 is 6.19. The minimum atomic E-state index is 0.0734. The van der Waals surface area contributed by atoms with Crippen LogP contribution in [0.15, 0.2) is 6.20 Å². The maximum atomic E-state index is 8.77. The molecule has 1 aromatic rings. The van der Waals surface area contributed by atoms with Crippen LogP contribution in [0.1, 0.15) is 19.8 Å². The fraction of sp³-hybridized carbons (Fsp3) is 0.692. The summed E-state index contributed by atoms with van der Waals surface area (Å²) in [6.07, 6.45) is 3.68. The van der Waals surface area contributed by atoms with Gasteiger partial charge in [0.2, 0.25) is 5.95 Å². The monoisotopic (exact) mass is 300 g/mol. The van der Waals surface area contributed by atoms with Crippen LogP contribution in [0.3, 0.4) is 0 Å². The number of piperidine rings is 1. The minimum absolute atomic E-state index is 0.0734. The fourth-order valence-corrected chi connectivity index (χ4v) is 2.49. The summed E-state index contributed by atoms with van der Waals surface area (Å²) in [6.45, 7) is 4.95. The summed E-state index contributed by atoms with van der Waals surface area (Å²) < 4.78 is 5.55. The first-order valence-electron chi connectivity index (χ1n) is 6.98. The van der Waals surface area contributed by atoms with Crippen LogP contribution in [0.25, 0.3) is 0 Å². The second-order valence-electron chi connectivity index (χ2n) is 4.68. The van der Waals surface area contributed by atoms with Crippen LogP contribution in [0.5, 0.6) is 0 Å². The molecule has 112 valence electrons. The number of rotatable bonds is 6. The number of halogens is 1. The highest BCUT2D eigenvalue weighted by Gasteiger charge is 2.22. The average Bonchev–Trinajstić information content (AvgIpc) is 2.48. The molecule has 0 amide bonds. The van der Waals surface area contributed by atoms with Crippen molar-refractivity contribution in [1.29, 1.82) is 0 Å². The number of nitrogens with zero attached hydrogens (tertiary/aromatic N) is 3. The van der Waals surface area contributed by atoms with Crippen molar-refractivity contribution in [3.8, 4) is 0 Å². The van der Waals surface area contributed by atoms with E-state index in [-0.39, 0.29) is 12.7 Å². The number of aliphatic hydroxyl groups excluding tert-OH is 1. The van der Waals surface area contributed by atoms with Gasteiger partial charge in [-0.05, 0) is 19.8 Å². The molecular weight excluding hydrogens is 280 g/mol. The Morgan fingerprint density at radius 1 is 1.50 bits per heavy atom. The molecule has 1 saturated heterocycles. The van der Waals surface area contributed by atoms with Gasteiger partial charge in [-0.15, -0.1) is 0 Å². The van der Waals surface area contributed by atoms with Gasteiger partial charge in [0.15, 0.2) is 5.82 Å². The second kappa shape index (κ2) is 7.61. The molecule has 1 aliphatic rings. The Labute approximate surface area is 124 Å². The zero-order chi connectivity index (χ0) is 14.4. The number of aliphatic hydroxyl groups is 1. The molecule has 1 aliphatic heterocycles. The van der Waals surface area contributed by atoms with Crippen LogP contribution in [0.4, 0.5) is 11.8 Å². The van der Waals surface area contributed by atoms with Crippen LogP contribution in [0, 0.1) is 0 Å². The van der Waals surface area contributed by atoms with E-state index in [1.54, 1.807) is 6.20 Å². The molecule has 0 saturated carbocycles. The normalized spacial score (nSPS) is 16.4. The number of aromatic nitrogens is 2. The lowest BCUT2D eigenvalue weighted by Gasteiger charge is -2.33. The molecule has 0 atom stereocenters. The molecule has 2 N–H and O–H groups in total. The fourth-order valence-electron chi connectivity index (χ4n) is 2.28. The van der Waals surface area contributed by atoms with Crippen molar-refractivity contribution >= 4 is 23.4 Å². The Bertz CT molecular complexity index is 425. The van der Waals surface area contributed by atoms with Gasteiger partial charge in [0.05, 0.1) is 25.5 Å². The van der Waals surface area contributed by atoms with Crippen LogP contribution in [-0.4, -0.2) is 54.0 Å². The van der Waals surface area contributed by atoms with Crippen LogP contribution in [-0.2, 0) is 4.74 Å². The SMILES string of the molecule is CCNc1ncc(Cl)c(N2CCC(OCCO)CC2)n1. The molecule has 0 aliphatic carbocycles. The molecule has 20 heavy (non-hydrogen) atoms. The van der Waals surface area contributed by atoms with Crippen LogP contribution in [0.2, 0.25) is 5.02 Å². The highest BCUT2D eigenvalue weighted by Crippen LogP contribution is 2.27. The maximum absolute atomic E-state index is 8.77. The summed E-state index contributed by atoms with van der Waals surface area (Å²) in [4.78, 5) is 10.8. The smallest absolute Gasteiger partial charge is 0.224 e. The van der Waals surface area contributed by atoms with Crippen molar-refractivity contribution in [2.45, 2.75) is 25.9 Å². The topological polar surface area (TPSA) is 70.5 Å². The van der Waals surface area contributed by atoms with E-state index in [9.17, 15) is 0 Å². The Balaban J connectivity index is 1.97. The predicted molar refractivity (Wildman–Crippen MR) is 79.5 cm³/mol. The average molecular weight is 301 g/mol. The van der Waals surface area contributed by atoms with Gasteiger partial charge >= 0.3 is 0 Å². The van der Waals surface area contributed by atoms with Crippen molar-refractivity contribution in [2.24, 2.45) is 0 Å². The van der Waals surface area contributed by atoms with Gasteiger partial charge in [-0.25, -0.2) is 4.98 Å². The third kappa shape index (κ3) is 3.94. The van der Waals surface area contributed by atoms with E-state index in [1.165, 1.54) is 0 Å². The van der Waals surface area contributed by atoms with E-state index in [0.717, 1.165) is 38.3 Å². The van der Waals surface area contributed by atoms with Crippen molar-refractivity contribution in [3.05, 3.63) is 11.2 Å². The molecule has 6 nitrogen and oxygen atoms in total. The summed E-state index contributed by atoms with van der Waals surface area (Å²) in [6, 6.07) is 0. The van der Waals surface area contributed by atoms with E-state index < -0.39 is 0 Å². The minimum Gasteiger partial charge on any atom is -0.394 e. The van der Waals surface area contributed by atoms with Crippen molar-refractivity contribution in [1.82, 2.24) is 9.97 Å². The van der Waals surface area contributed by atoms with Gasteiger partial charge < -0.3 is 20.1 Å². The Morgan fingerprint density at radius 2 is 2.25 bits per heavy atom. The van der Waals surface area contributed by atoms with Gasteiger partial charge in [0, 0.05) is 19.6 Å². The van der Waals surface area contributed by atoms with E-state index >= 15 is 0 Å². The first kappa shape index (κ1) is 15.3. The molecule has 2 heterocycles. The Kier molecular flexibility index (Phi) is 5.82. The molecule has 7 heteroatoms. The van der Waals surface area contributed by atoms with Gasteiger partial charge in [0.25, 0.3) is 0 Å². The third-order valence-electron chi connectivity index (χ3n) is 3.25. The van der Waals surface area contributed by atoms with Crippen molar-refractivity contribution < 1.29 is 9.84 Å². The summed E-state index contributed by atoms with van der Waals surface area (Å²) in [5.41, 5.74) is 0. The first-order chi connectivity index (χ1) is 9.74. The molecule has 1 fully saturated rings. The van der Waals surface area contributed by atoms with Crippen LogP contribution >= 0.6 is 11.6 Å². The molecule has 0 aromatic carbocycles. The molecule has 0 unspecified atom stereocenters. The highest BCUT2D eigenvalue weighted by molar-refractivity contribution is 6.32. The van der Waals surface area contributed by atoms with Gasteiger partial charge in [-0.3, -0.25) is 0 Å². The summed E-state index contributed by atoms with van der Waals surface area (Å²) in [5.74, 6) is 1.38. The number of ether oxygens (including phenoxy) is 1. The number of nitrogens with one attached hydrogen (secondary N) is 1. The number of hydrogen-bond donors (Lipinski definition) is 2. The summed E-state index contributed by atoms with van der Waals surface area (Å²) in [5, 5.41) is 12.4. The molecule has 0 radical (unpaired) electrons. The van der Waals surface area contributed by atoms with Gasteiger partial charge in [0.1, 0.15) is 5.02 Å². The molecule has 1 aromatic heterocycles.